The first-order chi connectivity index (χ1) is 12.7. The molecule has 2 aromatic rings. The zero-order chi connectivity index (χ0) is 18.6. The van der Waals surface area contributed by atoms with Crippen LogP contribution >= 0.6 is 0 Å². The van der Waals surface area contributed by atoms with E-state index in [2.05, 4.69) is 34.3 Å². The van der Waals surface area contributed by atoms with Crippen LogP contribution in [0.2, 0.25) is 0 Å². The van der Waals surface area contributed by atoms with E-state index >= 15 is 0 Å². The highest BCUT2D eigenvalue weighted by atomic mass is 16.6. The smallest absolute Gasteiger partial charge is 0.269 e. The van der Waals surface area contributed by atoms with Crippen molar-refractivity contribution in [1.82, 2.24) is 10.6 Å². The average molecular weight is 352 g/mol. The van der Waals surface area contributed by atoms with Crippen molar-refractivity contribution in [3.63, 3.8) is 0 Å². The van der Waals surface area contributed by atoms with Crippen LogP contribution < -0.4 is 10.6 Å². The maximum Gasteiger partial charge on any atom is 0.269 e. The van der Waals surface area contributed by atoms with E-state index in [1.165, 1.54) is 17.7 Å². The Kier molecular flexibility index (Phi) is 7.86. The van der Waals surface area contributed by atoms with E-state index in [9.17, 15) is 10.1 Å². The molecule has 0 bridgehead atoms. The van der Waals surface area contributed by atoms with Gasteiger partial charge < -0.3 is 10.6 Å². The molecular formula is C20H24N4O2. The lowest BCUT2D eigenvalue weighted by molar-refractivity contribution is -0.384. The van der Waals surface area contributed by atoms with Crippen LogP contribution in [0.1, 0.15) is 17.5 Å². The highest BCUT2D eigenvalue weighted by Crippen LogP contribution is 2.12. The molecule has 0 aliphatic heterocycles. The number of hydrogen-bond donors (Lipinski definition) is 2. The van der Waals surface area contributed by atoms with Gasteiger partial charge in [-0.2, -0.15) is 0 Å². The van der Waals surface area contributed by atoms with Gasteiger partial charge in [0.15, 0.2) is 5.96 Å². The Bertz CT molecular complexity index is 727. The summed E-state index contributed by atoms with van der Waals surface area (Å²) in [7, 11) is 0. The summed E-state index contributed by atoms with van der Waals surface area (Å²) < 4.78 is 0. The van der Waals surface area contributed by atoms with Crippen molar-refractivity contribution in [2.75, 3.05) is 13.1 Å². The maximum atomic E-state index is 10.7. The monoisotopic (exact) mass is 352 g/mol. The standard InChI is InChI=1S/C20H24N4O2/c1-2-14-21-20(22-15-6-9-17-7-4-3-5-8-17)23-16-18-10-12-19(13-11-18)24(25)26/h2-5,7-8,10-13H,1,6,9,14-16H2,(H2,21,22,23). The molecule has 0 aromatic heterocycles. The van der Waals surface area contributed by atoms with Crippen molar-refractivity contribution >= 4 is 11.6 Å². The molecule has 0 spiro atoms. The van der Waals surface area contributed by atoms with Gasteiger partial charge in [-0.05, 0) is 24.0 Å². The Morgan fingerprint density at radius 2 is 1.81 bits per heavy atom. The Hall–Kier alpha value is -3.15. The number of guanidine groups is 1. The highest BCUT2D eigenvalue weighted by Gasteiger charge is 2.04. The fourth-order valence-corrected chi connectivity index (χ4v) is 2.38. The normalized spacial score (nSPS) is 11.0. The average Bonchev–Trinajstić information content (AvgIpc) is 2.67. The van der Waals surface area contributed by atoms with Gasteiger partial charge in [0.2, 0.25) is 0 Å². The molecule has 0 amide bonds. The van der Waals surface area contributed by atoms with Crippen LogP contribution in [0.5, 0.6) is 0 Å². The number of aliphatic imine (C=N–C) groups is 1. The van der Waals surface area contributed by atoms with Gasteiger partial charge in [0.1, 0.15) is 0 Å². The van der Waals surface area contributed by atoms with E-state index < -0.39 is 4.92 Å². The second-order valence-corrected chi connectivity index (χ2v) is 5.77. The van der Waals surface area contributed by atoms with E-state index in [1.807, 2.05) is 18.2 Å². The van der Waals surface area contributed by atoms with E-state index in [1.54, 1.807) is 18.2 Å². The van der Waals surface area contributed by atoms with E-state index in [0.717, 1.165) is 24.9 Å². The summed E-state index contributed by atoms with van der Waals surface area (Å²) in [6.07, 6.45) is 3.77. The Balaban J connectivity index is 1.85. The van der Waals surface area contributed by atoms with Gasteiger partial charge in [0.05, 0.1) is 11.5 Å². The van der Waals surface area contributed by atoms with Crippen molar-refractivity contribution in [3.8, 4) is 0 Å². The SMILES string of the molecule is C=CCNC(=NCc1ccc([N+](=O)[O-])cc1)NCCCc1ccccc1. The first-order valence-corrected chi connectivity index (χ1v) is 8.59. The summed E-state index contributed by atoms with van der Waals surface area (Å²) in [5.74, 6) is 0.705. The molecule has 0 atom stereocenters. The molecule has 0 fully saturated rings. The van der Waals surface area contributed by atoms with E-state index in [-0.39, 0.29) is 5.69 Å². The zero-order valence-corrected chi connectivity index (χ0v) is 14.7. The molecule has 0 heterocycles. The van der Waals surface area contributed by atoms with Crippen LogP contribution in [0.3, 0.4) is 0 Å². The molecule has 6 heteroatoms. The van der Waals surface area contributed by atoms with Gasteiger partial charge in [-0.15, -0.1) is 6.58 Å². The lowest BCUT2D eigenvalue weighted by Gasteiger charge is -2.11. The van der Waals surface area contributed by atoms with Gasteiger partial charge in [-0.3, -0.25) is 10.1 Å². The molecule has 2 N–H and O–H groups in total. The lowest BCUT2D eigenvalue weighted by Crippen LogP contribution is -2.38. The Labute approximate surface area is 153 Å². The van der Waals surface area contributed by atoms with Crippen LogP contribution in [-0.4, -0.2) is 24.0 Å². The molecule has 2 aromatic carbocycles. The quantitative estimate of drug-likeness (QED) is 0.181. The van der Waals surface area contributed by atoms with Crippen LogP contribution in [-0.2, 0) is 13.0 Å². The van der Waals surface area contributed by atoms with Crippen LogP contribution in [0, 0.1) is 10.1 Å². The first-order valence-electron chi connectivity index (χ1n) is 8.59. The number of hydrogen-bond acceptors (Lipinski definition) is 3. The molecule has 26 heavy (non-hydrogen) atoms. The molecule has 0 unspecified atom stereocenters. The van der Waals surface area contributed by atoms with Crippen molar-refractivity contribution < 1.29 is 4.92 Å². The van der Waals surface area contributed by atoms with E-state index in [0.29, 0.717) is 19.0 Å². The summed E-state index contributed by atoms with van der Waals surface area (Å²) in [6, 6.07) is 16.8. The zero-order valence-electron chi connectivity index (χ0n) is 14.7. The fraction of sp³-hybridized carbons (Fsp3) is 0.250. The number of rotatable bonds is 9. The van der Waals surface area contributed by atoms with E-state index in [4.69, 9.17) is 0 Å². The minimum Gasteiger partial charge on any atom is -0.356 e. The maximum absolute atomic E-state index is 10.7. The second-order valence-electron chi connectivity index (χ2n) is 5.77. The van der Waals surface area contributed by atoms with Crippen LogP contribution in [0.15, 0.2) is 72.2 Å². The van der Waals surface area contributed by atoms with Crippen LogP contribution in [0.4, 0.5) is 5.69 Å². The Morgan fingerprint density at radius 1 is 1.08 bits per heavy atom. The predicted molar refractivity (Wildman–Crippen MR) is 105 cm³/mol. The molecule has 2 rings (SSSR count). The fourth-order valence-electron chi connectivity index (χ4n) is 2.38. The first kappa shape index (κ1) is 19.2. The molecular weight excluding hydrogens is 328 g/mol. The summed E-state index contributed by atoms with van der Waals surface area (Å²) >= 11 is 0. The van der Waals surface area contributed by atoms with Gasteiger partial charge in [0, 0.05) is 25.2 Å². The minimum absolute atomic E-state index is 0.0850. The van der Waals surface area contributed by atoms with Crippen LogP contribution in [0.25, 0.3) is 0 Å². The summed E-state index contributed by atoms with van der Waals surface area (Å²) in [6.45, 7) is 5.57. The molecule has 6 nitrogen and oxygen atoms in total. The summed E-state index contributed by atoms with van der Waals surface area (Å²) in [5.41, 5.74) is 2.32. The van der Waals surface area contributed by atoms with Crippen molar-refractivity contribution in [2.24, 2.45) is 4.99 Å². The number of non-ortho nitro benzene ring substituents is 1. The van der Waals surface area contributed by atoms with Gasteiger partial charge in [-0.25, -0.2) is 4.99 Å². The summed E-state index contributed by atoms with van der Waals surface area (Å²) in [5, 5.41) is 17.2. The number of nitrogens with zero attached hydrogens (tertiary/aromatic N) is 2. The topological polar surface area (TPSA) is 79.6 Å². The highest BCUT2D eigenvalue weighted by molar-refractivity contribution is 5.79. The van der Waals surface area contributed by atoms with Crippen molar-refractivity contribution in [2.45, 2.75) is 19.4 Å². The van der Waals surface area contributed by atoms with Gasteiger partial charge in [0.25, 0.3) is 5.69 Å². The van der Waals surface area contributed by atoms with Gasteiger partial charge >= 0.3 is 0 Å². The molecule has 0 aliphatic carbocycles. The van der Waals surface area contributed by atoms with Crippen molar-refractivity contribution in [1.29, 1.82) is 0 Å². The second kappa shape index (κ2) is 10.7. The molecule has 136 valence electrons. The predicted octanol–water partition coefficient (Wildman–Crippen LogP) is 3.45. The molecule has 0 saturated heterocycles. The molecule has 0 radical (unpaired) electrons. The van der Waals surface area contributed by atoms with Gasteiger partial charge in [-0.1, -0.05) is 48.5 Å². The number of nitro benzene ring substituents is 1. The van der Waals surface area contributed by atoms with Crippen molar-refractivity contribution in [3.05, 3.63) is 88.5 Å². The Morgan fingerprint density at radius 3 is 2.46 bits per heavy atom. The third-order valence-electron chi connectivity index (χ3n) is 3.76. The number of nitro groups is 1. The lowest BCUT2D eigenvalue weighted by atomic mass is 10.1. The number of benzene rings is 2. The molecule has 0 saturated carbocycles. The largest absolute Gasteiger partial charge is 0.356 e. The minimum atomic E-state index is -0.404. The third kappa shape index (κ3) is 6.76. The number of aryl methyl sites for hydroxylation is 1. The number of nitrogens with one attached hydrogen (secondary N) is 2. The third-order valence-corrected chi connectivity index (χ3v) is 3.76. The molecule has 0 aliphatic rings. The summed E-state index contributed by atoms with van der Waals surface area (Å²) in [4.78, 5) is 14.8.